The van der Waals surface area contributed by atoms with Gasteiger partial charge in [0.25, 0.3) is 0 Å². The van der Waals surface area contributed by atoms with E-state index in [-0.39, 0.29) is 29.9 Å². The summed E-state index contributed by atoms with van der Waals surface area (Å²) in [7, 11) is -3.90. The largest absolute Gasteiger partial charge is 0.494 e. The standard InChI is InChI=1S/C27H32N2O4S/c1-3-33-25-16-18-26(19-17-25)34(31,32)29(20-24-12-8-5-9-13-24)21-27(30)28-22(2)14-15-23-10-6-4-7-11-23/h4-13,16-19,22H,3,14-15,20-21H2,1-2H3,(H,28,30)/t22-/m0/s1. The number of aryl methyl sites for hydroxylation is 1. The van der Waals surface area contributed by atoms with Gasteiger partial charge in [-0.3, -0.25) is 4.79 Å². The molecule has 0 spiro atoms. The molecule has 0 saturated heterocycles. The number of rotatable bonds is 12. The molecule has 0 unspecified atom stereocenters. The van der Waals surface area contributed by atoms with E-state index in [2.05, 4.69) is 17.4 Å². The summed E-state index contributed by atoms with van der Waals surface area (Å²) >= 11 is 0. The Hall–Kier alpha value is -3.16. The summed E-state index contributed by atoms with van der Waals surface area (Å²) in [4.78, 5) is 13.0. The molecule has 3 rings (SSSR count). The Morgan fingerprint density at radius 2 is 1.50 bits per heavy atom. The van der Waals surface area contributed by atoms with Crippen molar-refractivity contribution in [3.05, 3.63) is 96.1 Å². The van der Waals surface area contributed by atoms with E-state index in [0.717, 1.165) is 18.4 Å². The van der Waals surface area contributed by atoms with Crippen molar-refractivity contribution < 1.29 is 17.9 Å². The Morgan fingerprint density at radius 1 is 0.912 bits per heavy atom. The molecular weight excluding hydrogens is 448 g/mol. The molecule has 7 heteroatoms. The smallest absolute Gasteiger partial charge is 0.243 e. The predicted molar refractivity (Wildman–Crippen MR) is 134 cm³/mol. The summed E-state index contributed by atoms with van der Waals surface area (Å²) in [6, 6.07) is 25.5. The van der Waals surface area contributed by atoms with Crippen LogP contribution in [0.1, 0.15) is 31.4 Å². The first-order chi connectivity index (χ1) is 16.4. The van der Waals surface area contributed by atoms with Gasteiger partial charge in [0.1, 0.15) is 5.75 Å². The van der Waals surface area contributed by atoms with E-state index in [1.54, 1.807) is 12.1 Å². The van der Waals surface area contributed by atoms with Crippen LogP contribution >= 0.6 is 0 Å². The van der Waals surface area contributed by atoms with Gasteiger partial charge in [0.05, 0.1) is 18.0 Å². The fourth-order valence-electron chi connectivity index (χ4n) is 3.62. The lowest BCUT2D eigenvalue weighted by atomic mass is 10.1. The first-order valence-corrected chi connectivity index (χ1v) is 12.9. The average molecular weight is 481 g/mol. The molecule has 6 nitrogen and oxygen atoms in total. The van der Waals surface area contributed by atoms with Gasteiger partial charge < -0.3 is 10.1 Å². The van der Waals surface area contributed by atoms with Gasteiger partial charge in [0, 0.05) is 12.6 Å². The Bertz CT molecular complexity index is 1130. The van der Waals surface area contributed by atoms with Crippen molar-refractivity contribution >= 4 is 15.9 Å². The van der Waals surface area contributed by atoms with Gasteiger partial charge in [-0.05, 0) is 62.1 Å². The van der Waals surface area contributed by atoms with Gasteiger partial charge >= 0.3 is 0 Å². The van der Waals surface area contributed by atoms with Gasteiger partial charge in [0.2, 0.25) is 15.9 Å². The molecule has 0 radical (unpaired) electrons. The van der Waals surface area contributed by atoms with Crippen molar-refractivity contribution in [2.75, 3.05) is 13.2 Å². The van der Waals surface area contributed by atoms with E-state index < -0.39 is 10.0 Å². The molecule has 1 amide bonds. The van der Waals surface area contributed by atoms with Crippen molar-refractivity contribution in [3.63, 3.8) is 0 Å². The highest BCUT2D eigenvalue weighted by molar-refractivity contribution is 7.89. The molecule has 0 aliphatic heterocycles. The molecule has 180 valence electrons. The number of hydrogen-bond acceptors (Lipinski definition) is 4. The van der Waals surface area contributed by atoms with Crippen LogP contribution in [-0.2, 0) is 27.8 Å². The zero-order valence-electron chi connectivity index (χ0n) is 19.7. The number of carbonyl (C=O) groups is 1. The highest BCUT2D eigenvalue weighted by Gasteiger charge is 2.27. The second-order valence-corrected chi connectivity index (χ2v) is 10.1. The summed E-state index contributed by atoms with van der Waals surface area (Å²) in [5.74, 6) is 0.270. The molecule has 1 N–H and O–H groups in total. The Morgan fingerprint density at radius 3 is 2.09 bits per heavy atom. The highest BCUT2D eigenvalue weighted by Crippen LogP contribution is 2.21. The maximum Gasteiger partial charge on any atom is 0.243 e. The molecule has 0 saturated carbocycles. The number of nitrogens with one attached hydrogen (secondary N) is 1. The van der Waals surface area contributed by atoms with Crippen molar-refractivity contribution in [2.24, 2.45) is 0 Å². The number of ether oxygens (including phenoxy) is 1. The van der Waals surface area contributed by atoms with E-state index in [4.69, 9.17) is 4.74 Å². The number of carbonyl (C=O) groups excluding carboxylic acids is 1. The number of benzene rings is 3. The van der Waals surface area contributed by atoms with Crippen LogP contribution in [0.15, 0.2) is 89.8 Å². The lowest BCUT2D eigenvalue weighted by molar-refractivity contribution is -0.122. The van der Waals surface area contributed by atoms with Crippen LogP contribution in [0, 0.1) is 0 Å². The quantitative estimate of drug-likeness (QED) is 0.417. The van der Waals surface area contributed by atoms with Crippen molar-refractivity contribution in [1.82, 2.24) is 9.62 Å². The Labute approximate surface area is 202 Å². The molecular formula is C27H32N2O4S. The molecule has 0 fully saturated rings. The summed E-state index contributed by atoms with van der Waals surface area (Å²) in [6.07, 6.45) is 1.60. The van der Waals surface area contributed by atoms with Crippen LogP contribution in [0.4, 0.5) is 0 Å². The van der Waals surface area contributed by atoms with E-state index in [1.807, 2.05) is 62.4 Å². The predicted octanol–water partition coefficient (Wildman–Crippen LogP) is 4.41. The van der Waals surface area contributed by atoms with Crippen LogP contribution in [0.5, 0.6) is 5.75 Å². The molecule has 0 aliphatic rings. The summed E-state index contributed by atoms with van der Waals surface area (Å²) < 4.78 is 33.5. The van der Waals surface area contributed by atoms with Gasteiger partial charge in [-0.2, -0.15) is 4.31 Å². The minimum Gasteiger partial charge on any atom is -0.494 e. The maximum atomic E-state index is 13.4. The van der Waals surface area contributed by atoms with Crippen LogP contribution in [-0.4, -0.2) is 37.8 Å². The van der Waals surface area contributed by atoms with Crippen LogP contribution < -0.4 is 10.1 Å². The third-order valence-corrected chi connectivity index (χ3v) is 7.22. The van der Waals surface area contributed by atoms with Crippen LogP contribution in [0.25, 0.3) is 0 Å². The third-order valence-electron chi connectivity index (χ3n) is 5.41. The van der Waals surface area contributed by atoms with Crippen molar-refractivity contribution in [3.8, 4) is 5.75 Å². The molecule has 0 heterocycles. The lowest BCUT2D eigenvalue weighted by Crippen LogP contribution is -2.43. The highest BCUT2D eigenvalue weighted by atomic mass is 32.2. The van der Waals surface area contributed by atoms with E-state index in [9.17, 15) is 13.2 Å². The topological polar surface area (TPSA) is 75.7 Å². The first kappa shape index (κ1) is 25.5. The van der Waals surface area contributed by atoms with E-state index >= 15 is 0 Å². The monoisotopic (exact) mass is 480 g/mol. The zero-order valence-corrected chi connectivity index (χ0v) is 20.5. The van der Waals surface area contributed by atoms with Crippen LogP contribution in [0.2, 0.25) is 0 Å². The number of hydrogen-bond donors (Lipinski definition) is 1. The molecule has 3 aromatic rings. The normalized spacial score (nSPS) is 12.3. The van der Waals surface area contributed by atoms with Crippen molar-refractivity contribution in [1.29, 1.82) is 0 Å². The second kappa shape index (κ2) is 12.3. The average Bonchev–Trinajstić information content (AvgIpc) is 2.84. The molecule has 34 heavy (non-hydrogen) atoms. The first-order valence-electron chi connectivity index (χ1n) is 11.5. The fourth-order valence-corrected chi connectivity index (χ4v) is 5.00. The molecule has 0 bridgehead atoms. The van der Waals surface area contributed by atoms with E-state index in [1.165, 1.54) is 22.0 Å². The Balaban J connectivity index is 1.71. The minimum absolute atomic E-state index is 0.0838. The zero-order chi connectivity index (χ0) is 24.4. The van der Waals surface area contributed by atoms with Gasteiger partial charge in [0.15, 0.2) is 0 Å². The van der Waals surface area contributed by atoms with Crippen LogP contribution in [0.3, 0.4) is 0 Å². The minimum atomic E-state index is -3.90. The summed E-state index contributed by atoms with van der Waals surface area (Å²) in [6.45, 7) is 4.13. The summed E-state index contributed by atoms with van der Waals surface area (Å²) in [5.41, 5.74) is 2.01. The number of amides is 1. The molecule has 0 aromatic heterocycles. The summed E-state index contributed by atoms with van der Waals surface area (Å²) in [5, 5.41) is 2.95. The molecule has 1 atom stereocenters. The fraction of sp³-hybridized carbons (Fsp3) is 0.296. The van der Waals surface area contributed by atoms with Gasteiger partial charge in [-0.1, -0.05) is 60.7 Å². The lowest BCUT2D eigenvalue weighted by Gasteiger charge is -2.23. The van der Waals surface area contributed by atoms with Gasteiger partial charge in [-0.25, -0.2) is 8.42 Å². The van der Waals surface area contributed by atoms with Gasteiger partial charge in [-0.15, -0.1) is 0 Å². The number of nitrogens with zero attached hydrogens (tertiary/aromatic N) is 1. The second-order valence-electron chi connectivity index (χ2n) is 8.16. The number of sulfonamides is 1. The maximum absolute atomic E-state index is 13.4. The Kier molecular flexibility index (Phi) is 9.24. The molecule has 3 aromatic carbocycles. The van der Waals surface area contributed by atoms with Crippen molar-refractivity contribution in [2.45, 2.75) is 44.2 Å². The SMILES string of the molecule is CCOc1ccc(S(=O)(=O)N(CC(=O)N[C@@H](C)CCc2ccccc2)Cc2ccccc2)cc1. The molecule has 0 aliphatic carbocycles. The van der Waals surface area contributed by atoms with E-state index in [0.29, 0.717) is 12.4 Å². The third kappa shape index (κ3) is 7.43.